The van der Waals surface area contributed by atoms with Crippen LogP contribution in [0.1, 0.15) is 66.0 Å². The van der Waals surface area contributed by atoms with Gasteiger partial charge in [-0.25, -0.2) is 19.9 Å². The summed E-state index contributed by atoms with van der Waals surface area (Å²) in [5, 5.41) is 9.28. The van der Waals surface area contributed by atoms with Crippen LogP contribution in [0.4, 0.5) is 0 Å². The first kappa shape index (κ1) is 42.9. The van der Waals surface area contributed by atoms with Gasteiger partial charge in [0.15, 0.2) is 0 Å². The van der Waals surface area contributed by atoms with Crippen molar-refractivity contribution < 1.29 is 20.1 Å². The van der Waals surface area contributed by atoms with Crippen LogP contribution in [-0.4, -0.2) is 19.9 Å². The zero-order valence-corrected chi connectivity index (χ0v) is 39.8. The van der Waals surface area contributed by atoms with Crippen LogP contribution in [0.2, 0.25) is 0 Å². The second-order valence-electron chi connectivity index (χ2n) is 19.6. The van der Waals surface area contributed by atoms with Gasteiger partial charge in [0, 0.05) is 22.3 Å². The van der Waals surface area contributed by atoms with Crippen molar-refractivity contribution in [2.75, 3.05) is 0 Å². The molecule has 0 unspecified atom stereocenters. The molecule has 0 bridgehead atoms. The topological polar surface area (TPSA) is 51.6 Å². The van der Waals surface area contributed by atoms with E-state index in [0.29, 0.717) is 12.8 Å². The number of nitrogens with zero attached hydrogens (tertiary/aromatic N) is 4. The van der Waals surface area contributed by atoms with E-state index in [1.54, 1.807) is 0 Å². The van der Waals surface area contributed by atoms with Gasteiger partial charge in [0.05, 0.1) is 28.2 Å². The number of fused-ring (bicyclic) bond motifs is 4. The third-order valence-corrected chi connectivity index (χ3v) is 12.2. The smallest absolute Gasteiger partial charge is 0.232 e. The number of rotatable bonds is 8. The fraction of sp³-hybridized carbons (Fsp3) is 0.186. The first-order valence-corrected chi connectivity index (χ1v) is 22.1. The molecule has 4 nitrogen and oxygen atoms in total. The first-order chi connectivity index (χ1) is 30.4. The fourth-order valence-corrected chi connectivity index (χ4v) is 9.96. The van der Waals surface area contributed by atoms with Gasteiger partial charge in [-0.2, -0.15) is 0 Å². The normalized spacial score (nSPS) is 12.2. The van der Waals surface area contributed by atoms with Crippen LogP contribution in [0, 0.1) is 10.8 Å². The number of hydrogen-bond acceptors (Lipinski definition) is 4. The number of hydrogen-bond donors (Lipinski definition) is 0. The first-order valence-electron chi connectivity index (χ1n) is 22.1. The summed E-state index contributed by atoms with van der Waals surface area (Å²) in [6.07, 6.45) is 1.42. The Morgan fingerprint density at radius 3 is 0.797 bits per heavy atom. The summed E-state index contributed by atoms with van der Waals surface area (Å²) in [7, 11) is 0. The average Bonchev–Trinajstić information content (AvgIpc) is 3.29. The van der Waals surface area contributed by atoms with Gasteiger partial charge in [0.1, 0.15) is 11.6 Å². The predicted octanol–water partition coefficient (Wildman–Crippen LogP) is 15.7. The molecular weight excluding hydrogens is 957 g/mol. The Morgan fingerprint density at radius 2 is 0.547 bits per heavy atom. The molecule has 5 heteroatoms. The summed E-state index contributed by atoms with van der Waals surface area (Å²) < 4.78 is 0. The van der Waals surface area contributed by atoms with Crippen molar-refractivity contribution in [2.45, 2.75) is 59.8 Å². The van der Waals surface area contributed by atoms with Crippen LogP contribution in [-0.2, 0) is 25.5 Å². The van der Waals surface area contributed by atoms with E-state index in [4.69, 9.17) is 19.9 Å². The molecule has 2 aromatic heterocycles. The summed E-state index contributed by atoms with van der Waals surface area (Å²) in [5.41, 5.74) is 6.61. The molecule has 0 amide bonds. The van der Waals surface area contributed by atoms with Crippen LogP contribution in [0.5, 0.6) is 0 Å². The number of aromatic nitrogens is 4. The molecule has 0 N–H and O–H groups in total. The molecule has 10 rings (SSSR count). The molecule has 0 saturated heterocycles. The van der Waals surface area contributed by atoms with Crippen LogP contribution in [0.15, 0.2) is 182 Å². The second kappa shape index (κ2) is 17.0. The van der Waals surface area contributed by atoms with Gasteiger partial charge >= 0.3 is 20.1 Å². The minimum absolute atomic E-state index is 0. The van der Waals surface area contributed by atoms with Gasteiger partial charge < -0.3 is 0 Å². The molecule has 8 aromatic carbocycles. The molecule has 2 heterocycles. The minimum Gasteiger partial charge on any atom is -0.232 e. The average molecular weight is 1010 g/mol. The van der Waals surface area contributed by atoms with Crippen molar-refractivity contribution in [1.29, 1.82) is 0 Å². The van der Waals surface area contributed by atoms with Crippen molar-refractivity contribution >= 4 is 43.1 Å². The molecule has 0 atom stereocenters. The predicted molar refractivity (Wildman–Crippen MR) is 265 cm³/mol. The molecule has 0 aliphatic carbocycles. The van der Waals surface area contributed by atoms with E-state index in [2.05, 4.69) is 224 Å². The molecule has 0 aliphatic heterocycles. The van der Waals surface area contributed by atoms with E-state index >= 15 is 0 Å². The summed E-state index contributed by atoms with van der Waals surface area (Å²) >= 11 is 0. The summed E-state index contributed by atoms with van der Waals surface area (Å²) in [6.45, 7) is 13.9. The van der Waals surface area contributed by atoms with E-state index in [1.807, 2.05) is 0 Å². The van der Waals surface area contributed by atoms with Crippen LogP contribution in [0.25, 0.3) is 88.1 Å². The Labute approximate surface area is 390 Å². The Hall–Kier alpha value is -6.39. The van der Waals surface area contributed by atoms with Gasteiger partial charge in [0.25, 0.3) is 0 Å². The molecule has 10 aromatic rings. The zero-order valence-electron chi connectivity index (χ0n) is 37.4. The van der Waals surface area contributed by atoms with E-state index in [1.165, 1.54) is 21.5 Å². The Bertz CT molecular complexity index is 2900. The van der Waals surface area contributed by atoms with Crippen LogP contribution in [0.3, 0.4) is 0 Å². The maximum atomic E-state index is 5.79. The second-order valence-corrected chi connectivity index (χ2v) is 19.6. The Kier molecular flexibility index (Phi) is 11.4. The molecule has 0 spiro atoms. The third-order valence-electron chi connectivity index (χ3n) is 12.2. The van der Waals surface area contributed by atoms with Crippen molar-refractivity contribution in [3.63, 3.8) is 0 Å². The summed E-state index contributed by atoms with van der Waals surface area (Å²) in [6, 6.07) is 64.9. The fourth-order valence-electron chi connectivity index (χ4n) is 9.96. The number of benzene rings is 8. The Balaban J connectivity index is 0.00000518. The minimum atomic E-state index is -0.837. The van der Waals surface area contributed by atoms with Crippen LogP contribution < -0.4 is 0 Å². The summed E-state index contributed by atoms with van der Waals surface area (Å²) in [5.74, 6) is 1.47. The van der Waals surface area contributed by atoms with E-state index in [9.17, 15) is 0 Å². The molecule has 0 radical (unpaired) electrons. The largest absolute Gasteiger partial charge is 3.00 e. The van der Waals surface area contributed by atoms with Gasteiger partial charge in [-0.15, -0.1) is 0 Å². The molecule has 0 aliphatic rings. The summed E-state index contributed by atoms with van der Waals surface area (Å²) in [4.78, 5) is 23.2. The molecule has 64 heavy (non-hydrogen) atoms. The maximum absolute atomic E-state index is 5.79. The van der Waals surface area contributed by atoms with Crippen molar-refractivity contribution in [1.82, 2.24) is 19.9 Å². The quantitative estimate of drug-likeness (QED) is 0.152. The SMILES string of the molecule is CC(C)(C)CC(CC(C)(C)C)(c1nc(-c2cccc3ccccc23)cc(-c2cccc3ccccc23)n1)c1nc(-c2cccc3ccccc23)cc(-c2cccc3ccccc23)n1.[Ir+3]. The van der Waals surface area contributed by atoms with Gasteiger partial charge in [-0.3, -0.25) is 0 Å². The monoisotopic (exact) mass is 1010 g/mol. The zero-order chi connectivity index (χ0) is 43.3. The van der Waals surface area contributed by atoms with Gasteiger partial charge in [-0.1, -0.05) is 211 Å². The molecular formula is C59H52IrN4+3. The van der Waals surface area contributed by atoms with Crippen molar-refractivity contribution in [2.24, 2.45) is 10.8 Å². The van der Waals surface area contributed by atoms with Crippen molar-refractivity contribution in [3.8, 4) is 45.0 Å². The van der Waals surface area contributed by atoms with Gasteiger partial charge in [-0.05, 0) is 78.9 Å². The maximum Gasteiger partial charge on any atom is 3.00 e. The van der Waals surface area contributed by atoms with Crippen molar-refractivity contribution in [3.05, 3.63) is 194 Å². The van der Waals surface area contributed by atoms with Gasteiger partial charge in [0.2, 0.25) is 0 Å². The van der Waals surface area contributed by atoms with E-state index in [0.717, 1.165) is 78.2 Å². The molecule has 314 valence electrons. The standard InChI is InChI=1S/C59H52N4.Ir/c1-57(2,3)37-59(38-58(4,5)6,55-60-51(47-31-15-23-39-19-7-11-27-43(39)47)35-52(61-55)48-32-16-24-40-20-8-12-28-44(40)48)56-62-53(49-33-17-25-41-21-9-13-29-45(41)49)36-54(63-56)50-34-18-26-42-22-10-14-30-46(42)50;/h7-36H,37-38H2,1-6H3;/q;+3. The third kappa shape index (κ3) is 8.27. The van der Waals surface area contributed by atoms with Crippen LogP contribution >= 0.6 is 0 Å². The Morgan fingerprint density at radius 1 is 0.312 bits per heavy atom. The van der Waals surface area contributed by atoms with E-state index in [-0.39, 0.29) is 30.9 Å². The molecule has 0 fully saturated rings. The molecule has 0 saturated carbocycles. The van der Waals surface area contributed by atoms with E-state index < -0.39 is 5.41 Å².